The van der Waals surface area contributed by atoms with Crippen LogP contribution in [0.15, 0.2) is 78.9 Å². The van der Waals surface area contributed by atoms with Gasteiger partial charge in [0.25, 0.3) is 5.91 Å². The molecule has 0 spiro atoms. The zero-order valence-corrected chi connectivity index (χ0v) is 15.5. The number of methoxy groups -OCH3 is 1. The highest BCUT2D eigenvalue weighted by Crippen LogP contribution is 2.28. The first-order valence-corrected chi connectivity index (χ1v) is 8.84. The molecule has 1 N–H and O–H groups in total. The molecule has 3 rings (SSSR count). The molecule has 0 aromatic heterocycles. The minimum Gasteiger partial charge on any atom is -0.493 e. The van der Waals surface area contributed by atoms with Gasteiger partial charge in [-0.15, -0.1) is 0 Å². The lowest BCUT2D eigenvalue weighted by atomic mass is 9.99. The van der Waals surface area contributed by atoms with E-state index in [9.17, 15) is 4.79 Å². The Hall–Kier alpha value is -3.27. The molecule has 0 aliphatic heterocycles. The van der Waals surface area contributed by atoms with Gasteiger partial charge in [-0.3, -0.25) is 4.79 Å². The predicted octanol–water partition coefficient (Wildman–Crippen LogP) is 4.29. The summed E-state index contributed by atoms with van der Waals surface area (Å²) in [5, 5.41) is 3.06. The van der Waals surface area contributed by atoms with Crippen LogP contribution in [-0.2, 0) is 4.79 Å². The van der Waals surface area contributed by atoms with Gasteiger partial charge >= 0.3 is 0 Å². The Morgan fingerprint density at radius 2 is 1.48 bits per heavy atom. The summed E-state index contributed by atoms with van der Waals surface area (Å²) >= 11 is 0. The summed E-state index contributed by atoms with van der Waals surface area (Å²) in [5.74, 6) is 0.968. The Morgan fingerprint density at radius 1 is 0.889 bits per heavy atom. The molecule has 0 saturated carbocycles. The van der Waals surface area contributed by atoms with Crippen molar-refractivity contribution in [3.8, 4) is 11.5 Å². The van der Waals surface area contributed by atoms with Crippen LogP contribution in [0.3, 0.4) is 0 Å². The lowest BCUT2D eigenvalue weighted by molar-refractivity contribution is -0.123. The van der Waals surface area contributed by atoms with Gasteiger partial charge in [-0.05, 0) is 35.7 Å². The Labute approximate surface area is 159 Å². The van der Waals surface area contributed by atoms with Crippen LogP contribution in [-0.4, -0.2) is 19.6 Å². The van der Waals surface area contributed by atoms with Crippen molar-refractivity contribution in [2.75, 3.05) is 13.7 Å². The van der Waals surface area contributed by atoms with Crippen LogP contribution >= 0.6 is 0 Å². The largest absolute Gasteiger partial charge is 0.493 e. The van der Waals surface area contributed by atoms with Gasteiger partial charge in [0.05, 0.1) is 13.2 Å². The maximum Gasteiger partial charge on any atom is 0.258 e. The number of carbonyl (C=O) groups excluding carboxylic acids is 1. The van der Waals surface area contributed by atoms with Crippen LogP contribution in [0.4, 0.5) is 0 Å². The van der Waals surface area contributed by atoms with E-state index in [1.54, 1.807) is 7.11 Å². The standard InChI is InChI=1S/C23H23NO3/c1-17-13-14-20(21(15-17)26-2)27-16-22(25)24-23(18-9-5-3-6-10-18)19-11-7-4-8-12-19/h3-15,23H,16H2,1-2H3,(H,24,25). The Bertz CT molecular complexity index is 839. The summed E-state index contributed by atoms with van der Waals surface area (Å²) in [4.78, 5) is 12.6. The monoisotopic (exact) mass is 361 g/mol. The second-order valence-corrected chi connectivity index (χ2v) is 6.26. The average Bonchev–Trinajstić information content (AvgIpc) is 2.72. The molecule has 0 radical (unpaired) electrons. The lowest BCUT2D eigenvalue weighted by Gasteiger charge is -2.20. The molecule has 4 nitrogen and oxygen atoms in total. The topological polar surface area (TPSA) is 47.6 Å². The van der Waals surface area contributed by atoms with Crippen LogP contribution in [0.5, 0.6) is 11.5 Å². The summed E-state index contributed by atoms with van der Waals surface area (Å²) in [6.45, 7) is 1.89. The van der Waals surface area contributed by atoms with Crippen LogP contribution in [0, 0.1) is 6.92 Å². The van der Waals surface area contributed by atoms with E-state index in [-0.39, 0.29) is 18.6 Å². The van der Waals surface area contributed by atoms with Gasteiger partial charge in [0.1, 0.15) is 0 Å². The van der Waals surface area contributed by atoms with E-state index >= 15 is 0 Å². The molecule has 27 heavy (non-hydrogen) atoms. The molecule has 1 amide bonds. The first kappa shape index (κ1) is 18.5. The molecular weight excluding hydrogens is 338 g/mol. The van der Waals surface area contributed by atoms with Gasteiger partial charge < -0.3 is 14.8 Å². The van der Waals surface area contributed by atoms with E-state index < -0.39 is 0 Å². The quantitative estimate of drug-likeness (QED) is 0.683. The molecule has 0 atom stereocenters. The Balaban J connectivity index is 1.72. The number of aryl methyl sites for hydroxylation is 1. The minimum atomic E-state index is -0.233. The van der Waals surface area contributed by atoms with Gasteiger partial charge in [-0.25, -0.2) is 0 Å². The number of nitrogens with one attached hydrogen (secondary N) is 1. The third kappa shape index (κ3) is 4.88. The van der Waals surface area contributed by atoms with E-state index in [0.29, 0.717) is 11.5 Å². The third-order valence-electron chi connectivity index (χ3n) is 4.25. The lowest BCUT2D eigenvalue weighted by Crippen LogP contribution is -2.33. The van der Waals surface area contributed by atoms with Gasteiger partial charge in [0.2, 0.25) is 0 Å². The highest BCUT2D eigenvalue weighted by Gasteiger charge is 2.17. The average molecular weight is 361 g/mol. The van der Waals surface area contributed by atoms with Gasteiger partial charge in [0, 0.05) is 0 Å². The molecule has 0 unspecified atom stereocenters. The normalized spacial score (nSPS) is 10.5. The number of benzene rings is 3. The molecule has 0 aliphatic rings. The minimum absolute atomic E-state index is 0.0877. The van der Waals surface area contributed by atoms with Crippen molar-refractivity contribution in [2.24, 2.45) is 0 Å². The van der Waals surface area contributed by atoms with Gasteiger partial charge in [-0.2, -0.15) is 0 Å². The first-order chi connectivity index (χ1) is 13.2. The summed E-state index contributed by atoms with van der Waals surface area (Å²) in [5.41, 5.74) is 3.10. The fraction of sp³-hybridized carbons (Fsp3) is 0.174. The van der Waals surface area contributed by atoms with Crippen LogP contribution in [0.25, 0.3) is 0 Å². The van der Waals surface area contributed by atoms with Gasteiger partial charge in [-0.1, -0.05) is 66.7 Å². The van der Waals surface area contributed by atoms with Crippen molar-refractivity contribution >= 4 is 5.91 Å². The van der Waals surface area contributed by atoms with Crippen molar-refractivity contribution < 1.29 is 14.3 Å². The van der Waals surface area contributed by atoms with Crippen LogP contribution in [0.2, 0.25) is 0 Å². The number of hydrogen-bond donors (Lipinski definition) is 1. The summed E-state index contributed by atoms with van der Waals surface area (Å²) in [7, 11) is 1.59. The maximum atomic E-state index is 12.6. The van der Waals surface area contributed by atoms with E-state index in [0.717, 1.165) is 16.7 Å². The van der Waals surface area contributed by atoms with E-state index in [1.165, 1.54) is 0 Å². The molecule has 0 fully saturated rings. The van der Waals surface area contributed by atoms with Gasteiger partial charge in [0.15, 0.2) is 18.1 Å². The highest BCUT2D eigenvalue weighted by atomic mass is 16.5. The fourth-order valence-corrected chi connectivity index (χ4v) is 2.89. The van der Waals surface area contributed by atoms with E-state index in [2.05, 4.69) is 5.32 Å². The van der Waals surface area contributed by atoms with Crippen molar-refractivity contribution in [1.82, 2.24) is 5.32 Å². The highest BCUT2D eigenvalue weighted by molar-refractivity contribution is 5.78. The molecule has 3 aromatic carbocycles. The van der Waals surface area contributed by atoms with Crippen molar-refractivity contribution in [1.29, 1.82) is 0 Å². The molecule has 0 aliphatic carbocycles. The maximum absolute atomic E-state index is 12.6. The van der Waals surface area contributed by atoms with Crippen LogP contribution < -0.4 is 14.8 Å². The van der Waals surface area contributed by atoms with Crippen molar-refractivity contribution in [3.05, 3.63) is 95.6 Å². The summed E-state index contributed by atoms with van der Waals surface area (Å²) in [6, 6.07) is 25.2. The summed E-state index contributed by atoms with van der Waals surface area (Å²) < 4.78 is 11.0. The number of rotatable bonds is 7. The predicted molar refractivity (Wildman–Crippen MR) is 106 cm³/mol. The van der Waals surface area contributed by atoms with E-state index in [1.807, 2.05) is 85.8 Å². The molecule has 4 heteroatoms. The molecule has 0 saturated heterocycles. The van der Waals surface area contributed by atoms with Crippen molar-refractivity contribution in [2.45, 2.75) is 13.0 Å². The molecule has 0 heterocycles. The zero-order chi connectivity index (χ0) is 19.1. The zero-order valence-electron chi connectivity index (χ0n) is 15.5. The SMILES string of the molecule is COc1cc(C)ccc1OCC(=O)NC(c1ccccc1)c1ccccc1. The summed E-state index contributed by atoms with van der Waals surface area (Å²) in [6.07, 6.45) is 0. The third-order valence-corrected chi connectivity index (χ3v) is 4.25. The molecular formula is C23H23NO3. The molecule has 3 aromatic rings. The van der Waals surface area contributed by atoms with Crippen molar-refractivity contribution in [3.63, 3.8) is 0 Å². The molecule has 0 bridgehead atoms. The Morgan fingerprint density at radius 3 is 2.04 bits per heavy atom. The number of ether oxygens (including phenoxy) is 2. The Kier molecular flexibility index (Phi) is 6.10. The molecule has 138 valence electrons. The second kappa shape index (κ2) is 8.90. The number of hydrogen-bond acceptors (Lipinski definition) is 3. The fourth-order valence-electron chi connectivity index (χ4n) is 2.89. The van der Waals surface area contributed by atoms with E-state index in [4.69, 9.17) is 9.47 Å². The smallest absolute Gasteiger partial charge is 0.258 e. The number of amides is 1. The number of carbonyl (C=O) groups is 1. The van der Waals surface area contributed by atoms with Crippen LogP contribution in [0.1, 0.15) is 22.7 Å². The first-order valence-electron chi connectivity index (χ1n) is 8.84. The second-order valence-electron chi connectivity index (χ2n) is 6.26.